The molecule has 0 fully saturated rings. The molecule has 0 aromatic heterocycles. The highest BCUT2D eigenvalue weighted by molar-refractivity contribution is 8.33. The Kier molecular flexibility index (Phi) is 8.33. The first-order chi connectivity index (χ1) is 22.8. The summed E-state index contributed by atoms with van der Waals surface area (Å²) in [4.78, 5) is 2.45. The molecule has 7 rings (SSSR count). The molecular formula is C41H34O4S2. The summed E-state index contributed by atoms with van der Waals surface area (Å²) < 4.78 is 41.3. The third-order valence-corrected chi connectivity index (χ3v) is 13.7. The second-order valence-electron chi connectivity index (χ2n) is 11.5. The van der Waals surface area contributed by atoms with Crippen LogP contribution in [0.5, 0.6) is 5.75 Å². The van der Waals surface area contributed by atoms with E-state index in [0.29, 0.717) is 17.9 Å². The fraction of sp³-hybridized carbons (Fsp3) is 0.0732. The third-order valence-electron chi connectivity index (χ3n) is 8.35. The lowest BCUT2D eigenvalue weighted by Crippen LogP contribution is -2.15. The lowest BCUT2D eigenvalue weighted by atomic mass is 9.98. The quantitative estimate of drug-likeness (QED) is 0.145. The minimum absolute atomic E-state index is 0.161. The van der Waals surface area contributed by atoms with Crippen LogP contribution < -0.4 is 4.74 Å². The van der Waals surface area contributed by atoms with E-state index in [-0.39, 0.29) is 4.90 Å². The molecule has 4 nitrogen and oxygen atoms in total. The largest absolute Gasteiger partial charge is 0.489 e. The van der Waals surface area contributed by atoms with Gasteiger partial charge in [0.1, 0.15) is 12.4 Å². The number of hydrogen-bond donors (Lipinski definition) is 0. The van der Waals surface area contributed by atoms with Crippen LogP contribution in [0.3, 0.4) is 0 Å². The number of rotatable bonds is 9. The predicted octanol–water partition coefficient (Wildman–Crippen LogP) is 10.8. The van der Waals surface area contributed by atoms with Gasteiger partial charge in [-0.1, -0.05) is 103 Å². The maximum Gasteiger partial charge on any atom is 0.307 e. The molecule has 7 aromatic carbocycles. The Morgan fingerprint density at radius 3 is 1.72 bits per heavy atom. The van der Waals surface area contributed by atoms with Gasteiger partial charge in [-0.15, -0.1) is 0 Å². The molecule has 0 aliphatic carbocycles. The zero-order valence-electron chi connectivity index (χ0n) is 26.2. The summed E-state index contributed by atoms with van der Waals surface area (Å²) in [6.07, 6.45) is 0. The van der Waals surface area contributed by atoms with Crippen molar-refractivity contribution in [3.05, 3.63) is 174 Å². The molecule has 0 bridgehead atoms. The Labute approximate surface area is 277 Å². The van der Waals surface area contributed by atoms with Crippen molar-refractivity contribution in [2.24, 2.45) is 0 Å². The van der Waals surface area contributed by atoms with Gasteiger partial charge < -0.3 is 4.74 Å². The van der Waals surface area contributed by atoms with Crippen molar-refractivity contribution in [3.63, 3.8) is 0 Å². The molecule has 7 aromatic rings. The van der Waals surface area contributed by atoms with Crippen molar-refractivity contribution in [3.8, 4) is 5.75 Å². The number of benzene rings is 7. The molecule has 0 unspecified atom stereocenters. The van der Waals surface area contributed by atoms with Crippen molar-refractivity contribution < 1.29 is 16.8 Å². The molecule has 0 aliphatic heterocycles. The Balaban J connectivity index is 1.30. The molecule has 0 saturated heterocycles. The summed E-state index contributed by atoms with van der Waals surface area (Å²) >= 11 is 0. The molecule has 0 spiro atoms. The van der Waals surface area contributed by atoms with E-state index in [1.165, 1.54) is 16.2 Å². The van der Waals surface area contributed by atoms with Gasteiger partial charge in [-0.25, -0.2) is 3.63 Å². The first-order valence-electron chi connectivity index (χ1n) is 15.4. The van der Waals surface area contributed by atoms with Crippen LogP contribution in [0.15, 0.2) is 177 Å². The molecule has 0 amide bonds. The molecule has 0 atom stereocenters. The van der Waals surface area contributed by atoms with Crippen molar-refractivity contribution in [1.82, 2.24) is 0 Å². The first-order valence-corrected chi connectivity index (χ1v) is 18.4. The molecule has 234 valence electrons. The molecular weight excluding hydrogens is 621 g/mol. The Morgan fingerprint density at radius 1 is 0.532 bits per heavy atom. The van der Waals surface area contributed by atoms with E-state index in [0.717, 1.165) is 31.2 Å². The average Bonchev–Trinajstić information content (AvgIpc) is 3.10. The normalized spacial score (nSPS) is 12.3. The van der Waals surface area contributed by atoms with E-state index in [4.69, 9.17) is 8.37 Å². The van der Waals surface area contributed by atoms with Crippen LogP contribution in [0.4, 0.5) is 0 Å². The fourth-order valence-electron chi connectivity index (χ4n) is 6.14. The maximum atomic E-state index is 14.2. The van der Waals surface area contributed by atoms with E-state index in [1.807, 2.05) is 97.9 Å². The third kappa shape index (κ3) is 5.92. The predicted molar refractivity (Wildman–Crippen MR) is 192 cm³/mol. The van der Waals surface area contributed by atoms with Crippen LogP contribution in [0.1, 0.15) is 16.7 Å². The molecule has 47 heavy (non-hydrogen) atoms. The van der Waals surface area contributed by atoms with E-state index in [9.17, 15) is 8.42 Å². The standard InChI is InChI=1S/C41H34O4S2/c1-30-21-26-41(31(2)27-30)47(42,43)45-46(35-14-5-3-6-15-35,36-16-7-4-8-17-36)37-24-22-34(23-25-37)44-29-33-28-32-13-9-10-18-38(32)40-20-12-11-19-39(33)40/h3-28H,29H2,1-2H3. The van der Waals surface area contributed by atoms with Crippen LogP contribution >= 0.6 is 10.3 Å². The van der Waals surface area contributed by atoms with Gasteiger partial charge in [-0.3, -0.25) is 0 Å². The number of fused-ring (bicyclic) bond motifs is 3. The van der Waals surface area contributed by atoms with Crippen LogP contribution in [-0.2, 0) is 20.4 Å². The Morgan fingerprint density at radius 2 is 1.09 bits per heavy atom. The van der Waals surface area contributed by atoms with Gasteiger partial charge in [0.25, 0.3) is 0 Å². The van der Waals surface area contributed by atoms with Crippen molar-refractivity contribution in [1.29, 1.82) is 0 Å². The Bertz CT molecular complexity index is 2260. The van der Waals surface area contributed by atoms with Crippen molar-refractivity contribution >= 4 is 42.0 Å². The molecule has 6 heteroatoms. The highest BCUT2D eigenvalue weighted by Gasteiger charge is 2.38. The van der Waals surface area contributed by atoms with Crippen LogP contribution in [0.25, 0.3) is 21.5 Å². The highest BCUT2D eigenvalue weighted by atomic mass is 32.3. The lowest BCUT2D eigenvalue weighted by molar-refractivity contribution is 0.307. The second kappa shape index (κ2) is 12.7. The van der Waals surface area contributed by atoms with Gasteiger partial charge in [-0.05, 0) is 117 Å². The van der Waals surface area contributed by atoms with E-state index in [1.54, 1.807) is 19.1 Å². The van der Waals surface area contributed by atoms with Crippen molar-refractivity contribution in [2.75, 3.05) is 0 Å². The zero-order valence-corrected chi connectivity index (χ0v) is 27.8. The summed E-state index contributed by atoms with van der Waals surface area (Å²) in [5, 5.41) is 4.74. The molecule has 0 saturated carbocycles. The number of hydrogen-bond acceptors (Lipinski definition) is 4. The zero-order chi connectivity index (χ0) is 32.4. The van der Waals surface area contributed by atoms with Gasteiger partial charge in [0.05, 0.1) is 4.90 Å². The first kappa shape index (κ1) is 30.8. The average molecular weight is 655 g/mol. The van der Waals surface area contributed by atoms with Crippen LogP contribution in [-0.4, -0.2) is 8.42 Å². The van der Waals surface area contributed by atoms with Gasteiger partial charge in [0, 0.05) is 14.7 Å². The summed E-state index contributed by atoms with van der Waals surface area (Å²) in [6, 6.07) is 51.2. The molecule has 0 heterocycles. The van der Waals surface area contributed by atoms with Gasteiger partial charge >= 0.3 is 10.1 Å². The van der Waals surface area contributed by atoms with Crippen LogP contribution in [0, 0.1) is 13.8 Å². The van der Waals surface area contributed by atoms with Crippen molar-refractivity contribution in [2.45, 2.75) is 40.0 Å². The molecule has 0 aliphatic rings. The highest BCUT2D eigenvalue weighted by Crippen LogP contribution is 2.70. The number of ether oxygens (including phenoxy) is 1. The number of aryl methyl sites for hydroxylation is 2. The molecule has 0 radical (unpaired) electrons. The topological polar surface area (TPSA) is 52.6 Å². The lowest BCUT2D eigenvalue weighted by Gasteiger charge is -2.39. The van der Waals surface area contributed by atoms with E-state index >= 15 is 0 Å². The van der Waals surface area contributed by atoms with E-state index < -0.39 is 20.4 Å². The molecule has 0 N–H and O–H groups in total. The van der Waals surface area contributed by atoms with E-state index in [2.05, 4.69) is 54.6 Å². The fourth-order valence-corrected chi connectivity index (χ4v) is 11.6. The summed E-state index contributed by atoms with van der Waals surface area (Å²) in [6.45, 7) is 4.13. The summed E-state index contributed by atoms with van der Waals surface area (Å²) in [5.74, 6) is 0.678. The summed E-state index contributed by atoms with van der Waals surface area (Å²) in [7, 11) is -6.95. The Hall–Kier alpha value is -4.88. The minimum atomic E-state index is -4.20. The van der Waals surface area contributed by atoms with Gasteiger partial charge in [0.2, 0.25) is 0 Å². The summed E-state index contributed by atoms with van der Waals surface area (Å²) in [5.41, 5.74) is 2.72. The van der Waals surface area contributed by atoms with Gasteiger partial charge in [-0.2, -0.15) is 8.42 Å². The smallest absolute Gasteiger partial charge is 0.307 e. The minimum Gasteiger partial charge on any atom is -0.489 e. The van der Waals surface area contributed by atoms with Gasteiger partial charge in [0.15, 0.2) is 0 Å². The SMILES string of the molecule is Cc1ccc(S(=O)(=O)OS(c2ccccc2)(c2ccccc2)c2ccc(OCc3cc4ccccc4c4ccccc34)cc2)c(C)c1. The maximum absolute atomic E-state index is 14.2. The monoisotopic (exact) mass is 654 g/mol. The second-order valence-corrected chi connectivity index (χ2v) is 16.0. The van der Waals surface area contributed by atoms with Crippen LogP contribution in [0.2, 0.25) is 0 Å².